The molecule has 0 atom stereocenters. The highest BCUT2D eigenvalue weighted by molar-refractivity contribution is 5.79. The fraction of sp³-hybridized carbons (Fsp3) is 0.667. The highest BCUT2D eigenvalue weighted by atomic mass is 16.4. The van der Waals surface area contributed by atoms with Crippen LogP contribution in [0.3, 0.4) is 0 Å². The molecule has 0 aromatic heterocycles. The summed E-state index contributed by atoms with van der Waals surface area (Å²) in [4.78, 5) is 10.2. The molecule has 0 aliphatic heterocycles. The molecule has 0 heterocycles. The molecule has 1 rings (SSSR count). The van der Waals surface area contributed by atoms with Crippen molar-refractivity contribution in [3.8, 4) is 0 Å². The molecule has 0 bridgehead atoms. The summed E-state index contributed by atoms with van der Waals surface area (Å²) >= 11 is 0. The Labute approximate surface area is 66.9 Å². The average molecular weight is 154 g/mol. The van der Waals surface area contributed by atoms with Crippen LogP contribution in [0.5, 0.6) is 0 Å². The minimum Gasteiger partial charge on any atom is -0.478 e. The van der Waals surface area contributed by atoms with E-state index in [1.807, 2.05) is 6.08 Å². The number of carboxylic acid groups (broad SMARTS) is 1. The predicted octanol–water partition coefficient (Wildman–Crippen LogP) is 2.21. The van der Waals surface area contributed by atoms with Gasteiger partial charge in [0.05, 0.1) is 0 Å². The Hall–Kier alpha value is -0.790. The van der Waals surface area contributed by atoms with Gasteiger partial charge in [-0.3, -0.25) is 0 Å². The van der Waals surface area contributed by atoms with E-state index >= 15 is 0 Å². The normalized spacial score (nSPS) is 20.7. The number of aliphatic carboxylic acids is 1. The molecule has 0 amide bonds. The quantitative estimate of drug-likeness (QED) is 0.619. The summed E-state index contributed by atoms with van der Waals surface area (Å²) in [6.45, 7) is 0. The van der Waals surface area contributed by atoms with Crippen LogP contribution in [0.1, 0.15) is 32.1 Å². The van der Waals surface area contributed by atoms with Gasteiger partial charge >= 0.3 is 5.97 Å². The van der Waals surface area contributed by atoms with E-state index < -0.39 is 5.97 Å². The van der Waals surface area contributed by atoms with Crippen molar-refractivity contribution in [2.24, 2.45) is 5.92 Å². The van der Waals surface area contributed by atoms with E-state index in [2.05, 4.69) is 0 Å². The van der Waals surface area contributed by atoms with Crippen molar-refractivity contribution < 1.29 is 9.90 Å². The zero-order valence-corrected chi connectivity index (χ0v) is 6.62. The van der Waals surface area contributed by atoms with E-state index in [1.54, 1.807) is 0 Å². The number of rotatable bonds is 2. The molecular weight excluding hydrogens is 140 g/mol. The smallest absolute Gasteiger partial charge is 0.327 e. The molecule has 62 valence electrons. The summed E-state index contributed by atoms with van der Waals surface area (Å²) in [5.41, 5.74) is 0. The van der Waals surface area contributed by atoms with Gasteiger partial charge in [0, 0.05) is 6.08 Å². The van der Waals surface area contributed by atoms with Gasteiger partial charge in [0.1, 0.15) is 0 Å². The highest BCUT2D eigenvalue weighted by Gasteiger charge is 2.09. The lowest BCUT2D eigenvalue weighted by Crippen LogP contribution is -2.03. The van der Waals surface area contributed by atoms with Crippen molar-refractivity contribution in [1.82, 2.24) is 0 Å². The van der Waals surface area contributed by atoms with E-state index in [-0.39, 0.29) is 0 Å². The molecule has 2 nitrogen and oxygen atoms in total. The monoisotopic (exact) mass is 154 g/mol. The van der Waals surface area contributed by atoms with E-state index in [1.165, 1.54) is 38.2 Å². The lowest BCUT2D eigenvalue weighted by molar-refractivity contribution is -0.131. The molecule has 1 aliphatic rings. The van der Waals surface area contributed by atoms with Crippen LogP contribution in [0.15, 0.2) is 12.2 Å². The predicted molar refractivity (Wildman–Crippen MR) is 43.4 cm³/mol. The maximum absolute atomic E-state index is 10.2. The van der Waals surface area contributed by atoms with Gasteiger partial charge < -0.3 is 5.11 Å². The van der Waals surface area contributed by atoms with Crippen LogP contribution in [-0.4, -0.2) is 11.1 Å². The van der Waals surface area contributed by atoms with Gasteiger partial charge in [0.15, 0.2) is 0 Å². The lowest BCUT2D eigenvalue weighted by atomic mass is 9.89. The van der Waals surface area contributed by atoms with Crippen molar-refractivity contribution in [3.05, 3.63) is 12.2 Å². The number of hydrogen-bond acceptors (Lipinski definition) is 1. The summed E-state index contributed by atoms with van der Waals surface area (Å²) < 4.78 is 0. The Balaban J connectivity index is 2.29. The van der Waals surface area contributed by atoms with Gasteiger partial charge in [-0.1, -0.05) is 25.3 Å². The molecule has 0 unspecified atom stereocenters. The first-order valence-corrected chi connectivity index (χ1v) is 4.20. The summed E-state index contributed by atoms with van der Waals surface area (Å²) in [5.74, 6) is -0.296. The number of hydrogen-bond donors (Lipinski definition) is 1. The SMILES string of the molecule is O=C(O)C=CC1CCCCC1. The van der Waals surface area contributed by atoms with Crippen molar-refractivity contribution in [3.63, 3.8) is 0 Å². The molecule has 1 saturated carbocycles. The molecule has 0 aromatic rings. The van der Waals surface area contributed by atoms with E-state index in [0.29, 0.717) is 5.92 Å². The van der Waals surface area contributed by atoms with Crippen molar-refractivity contribution in [1.29, 1.82) is 0 Å². The van der Waals surface area contributed by atoms with Gasteiger partial charge in [-0.2, -0.15) is 0 Å². The van der Waals surface area contributed by atoms with Gasteiger partial charge in [-0.05, 0) is 18.8 Å². The molecule has 0 spiro atoms. The van der Waals surface area contributed by atoms with Crippen LogP contribution in [-0.2, 0) is 4.79 Å². The topological polar surface area (TPSA) is 37.3 Å². The van der Waals surface area contributed by atoms with Crippen LogP contribution < -0.4 is 0 Å². The van der Waals surface area contributed by atoms with Crippen LogP contribution in [0.2, 0.25) is 0 Å². The van der Waals surface area contributed by atoms with Gasteiger partial charge in [0.2, 0.25) is 0 Å². The summed E-state index contributed by atoms with van der Waals surface area (Å²) in [7, 11) is 0. The van der Waals surface area contributed by atoms with Gasteiger partial charge in [0.25, 0.3) is 0 Å². The second-order valence-corrected chi connectivity index (χ2v) is 3.10. The molecule has 0 aromatic carbocycles. The van der Waals surface area contributed by atoms with Gasteiger partial charge in [-0.25, -0.2) is 4.79 Å². The van der Waals surface area contributed by atoms with Crippen molar-refractivity contribution in [2.75, 3.05) is 0 Å². The second-order valence-electron chi connectivity index (χ2n) is 3.10. The zero-order valence-electron chi connectivity index (χ0n) is 6.62. The molecule has 0 saturated heterocycles. The molecule has 11 heavy (non-hydrogen) atoms. The molecule has 2 heteroatoms. The minimum atomic E-state index is -0.824. The lowest BCUT2D eigenvalue weighted by Gasteiger charge is -2.17. The average Bonchev–Trinajstić information content (AvgIpc) is 2.03. The Morgan fingerprint density at radius 2 is 1.91 bits per heavy atom. The third-order valence-electron chi connectivity index (χ3n) is 2.16. The summed E-state index contributed by atoms with van der Waals surface area (Å²) in [6, 6.07) is 0. The summed E-state index contributed by atoms with van der Waals surface area (Å²) in [5, 5.41) is 8.36. The molecule has 1 aliphatic carbocycles. The zero-order chi connectivity index (χ0) is 8.10. The Kier molecular flexibility index (Phi) is 3.14. The van der Waals surface area contributed by atoms with E-state index in [0.717, 1.165) is 0 Å². The molecular formula is C9H14O2. The summed E-state index contributed by atoms with van der Waals surface area (Å²) in [6.07, 6.45) is 9.28. The van der Waals surface area contributed by atoms with Crippen LogP contribution in [0, 0.1) is 5.92 Å². The second kappa shape index (κ2) is 4.16. The van der Waals surface area contributed by atoms with E-state index in [4.69, 9.17) is 5.11 Å². The maximum atomic E-state index is 10.2. The first-order chi connectivity index (χ1) is 5.29. The fourth-order valence-corrected chi connectivity index (χ4v) is 1.55. The first-order valence-electron chi connectivity index (χ1n) is 4.20. The van der Waals surface area contributed by atoms with Crippen LogP contribution in [0.4, 0.5) is 0 Å². The van der Waals surface area contributed by atoms with Crippen molar-refractivity contribution in [2.45, 2.75) is 32.1 Å². The number of carbonyl (C=O) groups is 1. The van der Waals surface area contributed by atoms with Crippen molar-refractivity contribution >= 4 is 5.97 Å². The molecule has 1 N–H and O–H groups in total. The molecule has 1 fully saturated rings. The largest absolute Gasteiger partial charge is 0.478 e. The van der Waals surface area contributed by atoms with Crippen LogP contribution in [0.25, 0.3) is 0 Å². The standard InChI is InChI=1S/C9H14O2/c10-9(11)7-6-8-4-2-1-3-5-8/h6-8H,1-5H2,(H,10,11). The fourth-order valence-electron chi connectivity index (χ4n) is 1.55. The van der Waals surface area contributed by atoms with Crippen LogP contribution >= 0.6 is 0 Å². The highest BCUT2D eigenvalue weighted by Crippen LogP contribution is 2.24. The third kappa shape index (κ3) is 3.21. The number of carboxylic acids is 1. The molecule has 0 radical (unpaired) electrons. The number of allylic oxidation sites excluding steroid dienone is 1. The van der Waals surface area contributed by atoms with E-state index in [9.17, 15) is 4.79 Å². The van der Waals surface area contributed by atoms with Gasteiger partial charge in [-0.15, -0.1) is 0 Å². The third-order valence-corrected chi connectivity index (χ3v) is 2.16. The Morgan fingerprint density at radius 1 is 1.27 bits per heavy atom. The Morgan fingerprint density at radius 3 is 2.45 bits per heavy atom. The first kappa shape index (κ1) is 8.31. The minimum absolute atomic E-state index is 0.528. The Bertz CT molecular complexity index is 155. The maximum Gasteiger partial charge on any atom is 0.327 e.